The SMILES string of the molecule is CCOC(=O)Oc1ccc(C(=O)NCC2CCN(C(=O)C=C(C)C)CC2)cc1. The van der Waals surface area contributed by atoms with Crippen molar-refractivity contribution < 1.29 is 23.9 Å². The van der Waals surface area contributed by atoms with E-state index < -0.39 is 6.16 Å². The predicted molar refractivity (Wildman–Crippen MR) is 105 cm³/mol. The third kappa shape index (κ3) is 6.72. The summed E-state index contributed by atoms with van der Waals surface area (Å²) in [6.45, 7) is 7.75. The second-order valence-electron chi connectivity index (χ2n) is 7.01. The van der Waals surface area contributed by atoms with Gasteiger partial charge in [-0.3, -0.25) is 9.59 Å². The standard InChI is InChI=1S/C21H28N2O5/c1-4-27-21(26)28-18-7-5-17(6-8-18)20(25)22-14-16-9-11-23(12-10-16)19(24)13-15(2)3/h5-8,13,16H,4,9-12,14H2,1-3H3,(H,22,25). The van der Waals surface area contributed by atoms with E-state index in [1.807, 2.05) is 18.7 Å². The molecular formula is C21H28N2O5. The van der Waals surface area contributed by atoms with E-state index in [1.54, 1.807) is 37.3 Å². The highest BCUT2D eigenvalue weighted by molar-refractivity contribution is 5.94. The lowest BCUT2D eigenvalue weighted by atomic mass is 9.96. The van der Waals surface area contributed by atoms with Gasteiger partial charge >= 0.3 is 6.16 Å². The Kier molecular flexibility index (Phi) is 8.04. The Morgan fingerprint density at radius 3 is 2.36 bits per heavy atom. The fourth-order valence-corrected chi connectivity index (χ4v) is 2.95. The molecule has 7 nitrogen and oxygen atoms in total. The summed E-state index contributed by atoms with van der Waals surface area (Å²) in [5.74, 6) is 0.563. The number of benzene rings is 1. The van der Waals surface area contributed by atoms with Gasteiger partial charge in [0.2, 0.25) is 5.91 Å². The van der Waals surface area contributed by atoms with Gasteiger partial charge in [-0.2, -0.15) is 0 Å². The van der Waals surface area contributed by atoms with Crippen molar-refractivity contribution in [3.8, 4) is 5.75 Å². The molecule has 1 aliphatic heterocycles. The topological polar surface area (TPSA) is 84.9 Å². The number of allylic oxidation sites excluding steroid dienone is 1. The number of carbonyl (C=O) groups is 3. The number of carbonyl (C=O) groups excluding carboxylic acids is 3. The maximum atomic E-state index is 12.3. The van der Waals surface area contributed by atoms with Crippen LogP contribution in [0.3, 0.4) is 0 Å². The van der Waals surface area contributed by atoms with Crippen molar-refractivity contribution in [1.29, 1.82) is 0 Å². The third-order valence-electron chi connectivity index (χ3n) is 4.47. The van der Waals surface area contributed by atoms with E-state index in [-0.39, 0.29) is 18.4 Å². The molecule has 28 heavy (non-hydrogen) atoms. The number of likely N-dealkylation sites (tertiary alicyclic amines) is 1. The second-order valence-corrected chi connectivity index (χ2v) is 7.01. The molecule has 0 aromatic heterocycles. The van der Waals surface area contributed by atoms with E-state index >= 15 is 0 Å². The lowest BCUT2D eigenvalue weighted by molar-refractivity contribution is -0.127. The van der Waals surface area contributed by atoms with Gasteiger partial charge in [-0.05, 0) is 63.8 Å². The largest absolute Gasteiger partial charge is 0.513 e. The van der Waals surface area contributed by atoms with Crippen molar-refractivity contribution >= 4 is 18.0 Å². The van der Waals surface area contributed by atoms with Crippen molar-refractivity contribution in [3.63, 3.8) is 0 Å². The first-order valence-electron chi connectivity index (χ1n) is 9.55. The maximum absolute atomic E-state index is 12.3. The molecule has 0 saturated carbocycles. The molecule has 2 rings (SSSR count). The lowest BCUT2D eigenvalue weighted by Crippen LogP contribution is -2.41. The van der Waals surface area contributed by atoms with E-state index in [2.05, 4.69) is 5.32 Å². The number of rotatable bonds is 6. The minimum absolute atomic E-state index is 0.0626. The van der Waals surface area contributed by atoms with E-state index in [0.29, 0.717) is 36.9 Å². The van der Waals surface area contributed by atoms with Crippen LogP contribution < -0.4 is 10.1 Å². The van der Waals surface area contributed by atoms with Crippen LogP contribution >= 0.6 is 0 Å². The molecular weight excluding hydrogens is 360 g/mol. The highest BCUT2D eigenvalue weighted by atomic mass is 16.7. The predicted octanol–water partition coefficient (Wildman–Crippen LogP) is 3.16. The Hall–Kier alpha value is -2.83. The van der Waals surface area contributed by atoms with Gasteiger partial charge in [0.15, 0.2) is 0 Å². The smallest absolute Gasteiger partial charge is 0.434 e. The number of hydrogen-bond donors (Lipinski definition) is 1. The van der Waals surface area contributed by atoms with Gasteiger partial charge in [-0.25, -0.2) is 4.79 Å². The second kappa shape index (κ2) is 10.5. The quantitative estimate of drug-likeness (QED) is 0.460. The summed E-state index contributed by atoms with van der Waals surface area (Å²) in [6, 6.07) is 6.31. The number of piperidine rings is 1. The van der Waals surface area contributed by atoms with Crippen LogP contribution in [0.4, 0.5) is 4.79 Å². The maximum Gasteiger partial charge on any atom is 0.513 e. The van der Waals surface area contributed by atoms with E-state index in [9.17, 15) is 14.4 Å². The molecule has 7 heteroatoms. The molecule has 1 aromatic rings. The Labute approximate surface area is 165 Å². The van der Waals surface area contributed by atoms with Gasteiger partial charge in [0.25, 0.3) is 5.91 Å². The Bertz CT molecular complexity index is 715. The summed E-state index contributed by atoms with van der Waals surface area (Å²) in [4.78, 5) is 37.5. The van der Waals surface area contributed by atoms with Crippen LogP contribution in [0, 0.1) is 5.92 Å². The molecule has 1 saturated heterocycles. The lowest BCUT2D eigenvalue weighted by Gasteiger charge is -2.31. The summed E-state index contributed by atoms with van der Waals surface area (Å²) in [5.41, 5.74) is 1.49. The molecule has 0 atom stereocenters. The molecule has 0 bridgehead atoms. The Balaban J connectivity index is 1.76. The van der Waals surface area contributed by atoms with Crippen molar-refractivity contribution in [3.05, 3.63) is 41.5 Å². The van der Waals surface area contributed by atoms with Gasteiger partial charge < -0.3 is 19.7 Å². The molecule has 1 aromatic carbocycles. The van der Waals surface area contributed by atoms with Crippen LogP contribution in [0.2, 0.25) is 0 Å². The molecule has 1 heterocycles. The molecule has 0 unspecified atom stereocenters. The van der Waals surface area contributed by atoms with E-state index in [0.717, 1.165) is 18.4 Å². The van der Waals surface area contributed by atoms with E-state index in [4.69, 9.17) is 9.47 Å². The van der Waals surface area contributed by atoms with Crippen molar-refractivity contribution in [2.24, 2.45) is 5.92 Å². The zero-order valence-electron chi connectivity index (χ0n) is 16.7. The Morgan fingerprint density at radius 2 is 1.79 bits per heavy atom. The molecule has 1 fully saturated rings. The molecule has 0 aliphatic carbocycles. The summed E-state index contributed by atoms with van der Waals surface area (Å²) in [5, 5.41) is 2.94. The fourth-order valence-electron chi connectivity index (χ4n) is 2.95. The van der Waals surface area contributed by atoms with Crippen LogP contribution in [0.5, 0.6) is 5.75 Å². The zero-order chi connectivity index (χ0) is 20.5. The highest BCUT2D eigenvalue weighted by Gasteiger charge is 2.22. The summed E-state index contributed by atoms with van der Waals surface area (Å²) >= 11 is 0. The van der Waals surface area contributed by atoms with Gasteiger partial charge in [0, 0.05) is 31.3 Å². The average Bonchev–Trinajstić information content (AvgIpc) is 2.66. The van der Waals surface area contributed by atoms with Crippen LogP contribution in [0.15, 0.2) is 35.9 Å². The van der Waals surface area contributed by atoms with Crippen LogP contribution in [0.25, 0.3) is 0 Å². The molecule has 1 aliphatic rings. The average molecular weight is 388 g/mol. The fraction of sp³-hybridized carbons (Fsp3) is 0.476. The summed E-state index contributed by atoms with van der Waals surface area (Å²) < 4.78 is 9.67. The zero-order valence-corrected chi connectivity index (χ0v) is 16.7. The molecule has 1 N–H and O–H groups in total. The normalized spacial score (nSPS) is 14.2. The number of amides is 2. The van der Waals surface area contributed by atoms with Crippen LogP contribution in [0.1, 0.15) is 44.0 Å². The van der Waals surface area contributed by atoms with Crippen molar-refractivity contribution in [2.45, 2.75) is 33.6 Å². The Morgan fingerprint density at radius 1 is 1.14 bits per heavy atom. The number of nitrogens with one attached hydrogen (secondary N) is 1. The molecule has 2 amide bonds. The van der Waals surface area contributed by atoms with Crippen molar-refractivity contribution in [2.75, 3.05) is 26.2 Å². The van der Waals surface area contributed by atoms with Crippen LogP contribution in [-0.4, -0.2) is 49.1 Å². The monoisotopic (exact) mass is 388 g/mol. The molecule has 0 spiro atoms. The number of ether oxygens (including phenoxy) is 2. The van der Waals surface area contributed by atoms with Gasteiger partial charge in [0.05, 0.1) is 6.61 Å². The first-order valence-corrected chi connectivity index (χ1v) is 9.55. The minimum atomic E-state index is -0.769. The van der Waals surface area contributed by atoms with Gasteiger partial charge in [0.1, 0.15) is 5.75 Å². The minimum Gasteiger partial charge on any atom is -0.434 e. The summed E-state index contributed by atoms with van der Waals surface area (Å²) in [7, 11) is 0. The van der Waals surface area contributed by atoms with Gasteiger partial charge in [-0.1, -0.05) is 5.57 Å². The first-order chi connectivity index (χ1) is 13.4. The molecule has 0 radical (unpaired) electrons. The van der Waals surface area contributed by atoms with E-state index in [1.165, 1.54) is 0 Å². The number of nitrogens with zero attached hydrogens (tertiary/aromatic N) is 1. The van der Waals surface area contributed by atoms with Crippen molar-refractivity contribution in [1.82, 2.24) is 10.2 Å². The highest BCUT2D eigenvalue weighted by Crippen LogP contribution is 2.18. The molecule has 152 valence electrons. The van der Waals surface area contributed by atoms with Crippen LogP contribution in [-0.2, 0) is 9.53 Å². The van der Waals surface area contributed by atoms with Gasteiger partial charge in [-0.15, -0.1) is 0 Å². The third-order valence-corrected chi connectivity index (χ3v) is 4.47. The summed E-state index contributed by atoms with van der Waals surface area (Å²) in [6.07, 6.45) is 2.63. The first kappa shape index (κ1) is 21.5. The number of hydrogen-bond acceptors (Lipinski definition) is 5.